The number of carbonyl (C=O) groups is 1. The Balaban J connectivity index is 2.06. The maximum Gasteiger partial charge on any atom is 0.337 e. The van der Waals surface area contributed by atoms with Crippen LogP contribution in [0.25, 0.3) is 0 Å². The molecule has 0 fully saturated rings. The van der Waals surface area contributed by atoms with Crippen LogP contribution >= 0.6 is 0 Å². The van der Waals surface area contributed by atoms with Crippen LogP contribution in [0.15, 0.2) is 30.7 Å². The summed E-state index contributed by atoms with van der Waals surface area (Å²) in [4.78, 5) is 15.7. The molecule has 0 aliphatic carbocycles. The average Bonchev–Trinajstić information content (AvgIpc) is 2.93. The number of aromatic nitrogens is 2. The number of benzene rings is 1. The van der Waals surface area contributed by atoms with Gasteiger partial charge in [-0.2, -0.15) is 0 Å². The van der Waals surface area contributed by atoms with Gasteiger partial charge < -0.3 is 14.6 Å². The fourth-order valence-corrected chi connectivity index (χ4v) is 2.23. The molecule has 0 atom stereocenters. The van der Waals surface area contributed by atoms with Gasteiger partial charge in [-0.1, -0.05) is 6.92 Å². The van der Waals surface area contributed by atoms with Crippen LogP contribution in [0.3, 0.4) is 0 Å². The van der Waals surface area contributed by atoms with Crippen molar-refractivity contribution in [3.05, 3.63) is 47.5 Å². The van der Waals surface area contributed by atoms with Crippen LogP contribution in [0.2, 0.25) is 0 Å². The van der Waals surface area contributed by atoms with E-state index in [1.54, 1.807) is 6.07 Å². The summed E-state index contributed by atoms with van der Waals surface area (Å²) in [6.07, 6.45) is 4.81. The smallest absolute Gasteiger partial charge is 0.337 e. The van der Waals surface area contributed by atoms with E-state index in [-0.39, 0.29) is 5.97 Å². The number of ether oxygens (including phenoxy) is 1. The third-order valence-electron chi connectivity index (χ3n) is 3.37. The van der Waals surface area contributed by atoms with E-state index in [0.717, 1.165) is 29.9 Å². The first kappa shape index (κ1) is 15.1. The first-order valence-electron chi connectivity index (χ1n) is 7.07. The minimum Gasteiger partial charge on any atom is -0.465 e. The Morgan fingerprint density at radius 1 is 1.43 bits per heavy atom. The number of esters is 1. The molecule has 112 valence electrons. The molecule has 0 spiro atoms. The minimum absolute atomic E-state index is 0.314. The number of hydrogen-bond donors (Lipinski definition) is 1. The molecule has 1 aromatic carbocycles. The molecule has 0 unspecified atom stereocenters. The molecule has 1 N–H and O–H groups in total. The fraction of sp³-hybridized carbons (Fsp3) is 0.375. The average molecular weight is 287 g/mol. The van der Waals surface area contributed by atoms with Gasteiger partial charge in [-0.25, -0.2) is 9.78 Å². The van der Waals surface area contributed by atoms with Crippen LogP contribution in [0.5, 0.6) is 0 Å². The lowest BCUT2D eigenvalue weighted by Crippen LogP contribution is -2.08. The van der Waals surface area contributed by atoms with Gasteiger partial charge in [0.25, 0.3) is 0 Å². The molecule has 21 heavy (non-hydrogen) atoms. The van der Waals surface area contributed by atoms with E-state index in [1.165, 1.54) is 7.11 Å². The Morgan fingerprint density at radius 2 is 2.24 bits per heavy atom. The van der Waals surface area contributed by atoms with Gasteiger partial charge in [0.15, 0.2) is 0 Å². The second-order valence-corrected chi connectivity index (χ2v) is 4.95. The summed E-state index contributed by atoms with van der Waals surface area (Å²) in [5.41, 5.74) is 3.73. The van der Waals surface area contributed by atoms with Crippen molar-refractivity contribution in [3.8, 4) is 0 Å². The number of carbonyl (C=O) groups excluding carboxylic acids is 1. The lowest BCUT2D eigenvalue weighted by Gasteiger charge is -2.12. The number of nitrogens with zero attached hydrogens (tertiary/aromatic N) is 2. The van der Waals surface area contributed by atoms with Gasteiger partial charge in [0.2, 0.25) is 0 Å². The maximum absolute atomic E-state index is 11.5. The number of nitrogens with one attached hydrogen (secondary N) is 1. The molecule has 0 radical (unpaired) electrons. The van der Waals surface area contributed by atoms with E-state index in [4.69, 9.17) is 4.74 Å². The van der Waals surface area contributed by atoms with Crippen LogP contribution < -0.4 is 5.32 Å². The highest BCUT2D eigenvalue weighted by atomic mass is 16.5. The molecule has 1 heterocycles. The summed E-state index contributed by atoms with van der Waals surface area (Å²) in [5, 5.41) is 3.39. The van der Waals surface area contributed by atoms with Crippen molar-refractivity contribution < 1.29 is 9.53 Å². The van der Waals surface area contributed by atoms with E-state index in [9.17, 15) is 4.79 Å². The lowest BCUT2D eigenvalue weighted by atomic mass is 10.1. The third-order valence-corrected chi connectivity index (χ3v) is 3.37. The SMILES string of the molecule is CCCn1cncc1CNc1ccc(C(=O)OC)cc1C. The van der Waals surface area contributed by atoms with Crippen molar-refractivity contribution in [2.24, 2.45) is 0 Å². The summed E-state index contributed by atoms with van der Waals surface area (Å²) >= 11 is 0. The van der Waals surface area contributed by atoms with Crippen molar-refractivity contribution in [3.63, 3.8) is 0 Å². The number of rotatable bonds is 6. The summed E-state index contributed by atoms with van der Waals surface area (Å²) in [6.45, 7) is 5.79. The molecular formula is C16H21N3O2. The molecular weight excluding hydrogens is 266 g/mol. The van der Waals surface area contributed by atoms with Crippen LogP contribution in [0.4, 0.5) is 5.69 Å². The predicted molar refractivity (Wildman–Crippen MR) is 82.4 cm³/mol. The minimum atomic E-state index is -0.314. The maximum atomic E-state index is 11.5. The Morgan fingerprint density at radius 3 is 2.90 bits per heavy atom. The lowest BCUT2D eigenvalue weighted by molar-refractivity contribution is 0.0600. The molecule has 5 nitrogen and oxygen atoms in total. The first-order valence-corrected chi connectivity index (χ1v) is 7.07. The highest BCUT2D eigenvalue weighted by Crippen LogP contribution is 2.18. The topological polar surface area (TPSA) is 56.2 Å². The zero-order chi connectivity index (χ0) is 15.2. The van der Waals surface area contributed by atoms with Gasteiger partial charge in [0, 0.05) is 18.4 Å². The largest absolute Gasteiger partial charge is 0.465 e. The molecule has 0 saturated heterocycles. The van der Waals surface area contributed by atoms with Crippen LogP contribution in [0, 0.1) is 6.92 Å². The summed E-state index contributed by atoms with van der Waals surface area (Å²) in [7, 11) is 1.39. The Kier molecular flexibility index (Phi) is 4.98. The third kappa shape index (κ3) is 3.62. The normalized spacial score (nSPS) is 10.4. The van der Waals surface area contributed by atoms with E-state index in [2.05, 4.69) is 21.8 Å². The molecule has 1 aromatic heterocycles. The van der Waals surface area contributed by atoms with Crippen molar-refractivity contribution in [1.29, 1.82) is 0 Å². The van der Waals surface area contributed by atoms with E-state index in [0.29, 0.717) is 12.1 Å². The molecule has 5 heteroatoms. The van der Waals surface area contributed by atoms with Gasteiger partial charge in [-0.3, -0.25) is 0 Å². The standard InChI is InChI=1S/C16H21N3O2/c1-4-7-19-11-17-9-14(19)10-18-15-6-5-13(8-12(15)2)16(20)21-3/h5-6,8-9,11,18H,4,7,10H2,1-3H3. The summed E-state index contributed by atoms with van der Waals surface area (Å²) in [5.74, 6) is -0.314. The number of anilines is 1. The fourth-order valence-electron chi connectivity index (χ4n) is 2.23. The molecule has 0 aliphatic heterocycles. The second kappa shape index (κ2) is 6.92. The van der Waals surface area contributed by atoms with Crippen molar-refractivity contribution in [2.75, 3.05) is 12.4 Å². The second-order valence-electron chi connectivity index (χ2n) is 4.95. The zero-order valence-corrected chi connectivity index (χ0v) is 12.7. The quantitative estimate of drug-likeness (QED) is 0.830. The molecule has 0 bridgehead atoms. The van der Waals surface area contributed by atoms with Crippen LogP contribution in [0.1, 0.15) is 35.0 Å². The molecule has 0 amide bonds. The van der Waals surface area contributed by atoms with Crippen molar-refractivity contribution in [1.82, 2.24) is 9.55 Å². The van der Waals surface area contributed by atoms with E-state index >= 15 is 0 Å². The Hall–Kier alpha value is -2.30. The first-order chi connectivity index (χ1) is 10.2. The Labute approximate surface area is 125 Å². The van der Waals surface area contributed by atoms with E-state index < -0.39 is 0 Å². The highest BCUT2D eigenvalue weighted by molar-refractivity contribution is 5.90. The molecule has 2 rings (SSSR count). The zero-order valence-electron chi connectivity index (χ0n) is 12.7. The Bertz CT molecular complexity index is 620. The molecule has 0 aliphatic rings. The summed E-state index contributed by atoms with van der Waals surface area (Å²) < 4.78 is 6.87. The monoisotopic (exact) mass is 287 g/mol. The van der Waals surface area contributed by atoms with Crippen LogP contribution in [-0.4, -0.2) is 22.6 Å². The number of hydrogen-bond acceptors (Lipinski definition) is 4. The van der Waals surface area contributed by atoms with E-state index in [1.807, 2.05) is 31.6 Å². The van der Waals surface area contributed by atoms with Gasteiger partial charge in [0.05, 0.1) is 31.2 Å². The van der Waals surface area contributed by atoms with Crippen molar-refractivity contribution >= 4 is 11.7 Å². The molecule has 0 saturated carbocycles. The summed E-state index contributed by atoms with van der Waals surface area (Å²) in [6, 6.07) is 5.50. The van der Waals surface area contributed by atoms with Gasteiger partial charge >= 0.3 is 5.97 Å². The van der Waals surface area contributed by atoms with Gasteiger partial charge in [-0.05, 0) is 37.1 Å². The highest BCUT2D eigenvalue weighted by Gasteiger charge is 2.08. The van der Waals surface area contributed by atoms with Gasteiger partial charge in [0.1, 0.15) is 0 Å². The number of imidazole rings is 1. The number of aryl methyl sites for hydroxylation is 2. The van der Waals surface area contributed by atoms with Crippen LogP contribution in [-0.2, 0) is 17.8 Å². The predicted octanol–water partition coefficient (Wildman–Crippen LogP) is 3.00. The molecule has 2 aromatic rings. The van der Waals surface area contributed by atoms with Crippen molar-refractivity contribution in [2.45, 2.75) is 33.4 Å². The number of methoxy groups -OCH3 is 1. The van der Waals surface area contributed by atoms with Gasteiger partial charge in [-0.15, -0.1) is 0 Å².